The van der Waals surface area contributed by atoms with Crippen molar-refractivity contribution >= 4 is 5.95 Å². The lowest BCUT2D eigenvalue weighted by atomic mass is 9.84. The lowest BCUT2D eigenvalue weighted by Gasteiger charge is -2.23. The molecule has 0 radical (unpaired) electrons. The molecule has 0 saturated heterocycles. The maximum absolute atomic E-state index is 5.45. The number of rotatable bonds is 4. The average molecular weight is 194 g/mol. The Morgan fingerprint density at radius 2 is 2.29 bits per heavy atom. The van der Waals surface area contributed by atoms with Gasteiger partial charge in [-0.1, -0.05) is 13.8 Å². The van der Waals surface area contributed by atoms with Crippen LogP contribution in [0.3, 0.4) is 0 Å². The van der Waals surface area contributed by atoms with Gasteiger partial charge >= 0.3 is 0 Å². The van der Waals surface area contributed by atoms with Gasteiger partial charge in [0.1, 0.15) is 6.33 Å². The van der Waals surface area contributed by atoms with Gasteiger partial charge in [0.2, 0.25) is 5.95 Å². The minimum atomic E-state index is 0.370. The summed E-state index contributed by atoms with van der Waals surface area (Å²) in [7, 11) is 0. The molecule has 2 rings (SSSR count). The zero-order valence-electron chi connectivity index (χ0n) is 8.90. The summed E-state index contributed by atoms with van der Waals surface area (Å²) in [5.74, 6) is 1.29. The van der Waals surface area contributed by atoms with Crippen molar-refractivity contribution in [2.45, 2.75) is 39.7 Å². The van der Waals surface area contributed by atoms with E-state index in [1.54, 1.807) is 6.33 Å². The molecule has 4 nitrogen and oxygen atoms in total. The van der Waals surface area contributed by atoms with Crippen molar-refractivity contribution in [2.75, 3.05) is 5.73 Å². The predicted octanol–water partition coefficient (Wildman–Crippen LogP) is 1.69. The molecule has 0 spiro atoms. The first-order valence-electron chi connectivity index (χ1n) is 5.23. The summed E-state index contributed by atoms with van der Waals surface area (Å²) in [6.07, 6.45) is 5.65. The minimum absolute atomic E-state index is 0.370. The average Bonchev–Trinajstić information content (AvgIpc) is 2.89. The van der Waals surface area contributed by atoms with E-state index in [-0.39, 0.29) is 0 Å². The van der Waals surface area contributed by atoms with Crippen LogP contribution in [0.25, 0.3) is 0 Å². The third-order valence-electron chi connectivity index (χ3n) is 3.22. The Kier molecular flexibility index (Phi) is 2.21. The van der Waals surface area contributed by atoms with Crippen molar-refractivity contribution in [1.82, 2.24) is 14.8 Å². The molecule has 2 N–H and O–H groups in total. The second-order valence-electron chi connectivity index (χ2n) is 4.88. The molecule has 1 aromatic heterocycles. The molecule has 0 bridgehead atoms. The van der Waals surface area contributed by atoms with Crippen LogP contribution >= 0.6 is 0 Å². The van der Waals surface area contributed by atoms with Crippen LogP contribution in [0.4, 0.5) is 5.95 Å². The van der Waals surface area contributed by atoms with Crippen LogP contribution in [0.5, 0.6) is 0 Å². The second kappa shape index (κ2) is 3.26. The highest BCUT2D eigenvalue weighted by atomic mass is 15.4. The number of aromatic nitrogens is 3. The molecule has 4 heteroatoms. The second-order valence-corrected chi connectivity index (χ2v) is 4.88. The molecule has 0 aliphatic heterocycles. The van der Waals surface area contributed by atoms with E-state index in [2.05, 4.69) is 23.9 Å². The quantitative estimate of drug-likeness (QED) is 0.793. The molecule has 1 aromatic rings. The molecule has 1 saturated carbocycles. The maximum Gasteiger partial charge on any atom is 0.239 e. The first kappa shape index (κ1) is 9.49. The van der Waals surface area contributed by atoms with Gasteiger partial charge in [-0.2, -0.15) is 0 Å². The van der Waals surface area contributed by atoms with Gasteiger partial charge in [-0.25, -0.2) is 4.98 Å². The van der Waals surface area contributed by atoms with E-state index in [9.17, 15) is 0 Å². The van der Waals surface area contributed by atoms with E-state index >= 15 is 0 Å². The summed E-state index contributed by atoms with van der Waals surface area (Å²) in [5, 5.41) is 4.08. The number of aryl methyl sites for hydroxylation is 1. The number of nitrogens with two attached hydrogens (primary N) is 1. The van der Waals surface area contributed by atoms with E-state index in [4.69, 9.17) is 5.73 Å². The van der Waals surface area contributed by atoms with Crippen molar-refractivity contribution in [2.24, 2.45) is 11.3 Å². The Morgan fingerprint density at radius 1 is 1.57 bits per heavy atom. The summed E-state index contributed by atoms with van der Waals surface area (Å²) in [6, 6.07) is 0. The van der Waals surface area contributed by atoms with Crippen molar-refractivity contribution in [3.05, 3.63) is 6.33 Å². The maximum atomic E-state index is 5.45. The number of anilines is 1. The standard InChI is InChI=1S/C10H18N4/c1-10(2,8-3-4-8)5-6-14-7-12-9(11)13-14/h7-8H,3-6H2,1-2H3,(H2,11,13). The predicted molar refractivity (Wildman–Crippen MR) is 55.6 cm³/mol. The Balaban J connectivity index is 1.87. The summed E-state index contributed by atoms with van der Waals surface area (Å²) < 4.78 is 1.83. The van der Waals surface area contributed by atoms with Crippen molar-refractivity contribution in [1.29, 1.82) is 0 Å². The molecule has 0 aromatic carbocycles. The summed E-state index contributed by atoms with van der Waals surface area (Å²) in [5.41, 5.74) is 5.89. The smallest absolute Gasteiger partial charge is 0.239 e. The van der Waals surface area contributed by atoms with E-state index < -0.39 is 0 Å². The van der Waals surface area contributed by atoms with E-state index in [0.717, 1.165) is 18.9 Å². The van der Waals surface area contributed by atoms with Crippen LogP contribution in [-0.2, 0) is 6.54 Å². The Bertz CT molecular complexity index is 312. The van der Waals surface area contributed by atoms with Gasteiger partial charge in [0.05, 0.1) is 0 Å². The molecule has 1 fully saturated rings. The summed E-state index contributed by atoms with van der Waals surface area (Å²) >= 11 is 0. The monoisotopic (exact) mass is 194 g/mol. The van der Waals surface area contributed by atoms with Gasteiger partial charge in [0.15, 0.2) is 0 Å². The van der Waals surface area contributed by atoms with Gasteiger partial charge in [-0.3, -0.25) is 4.68 Å². The molecule has 0 amide bonds. The third-order valence-corrected chi connectivity index (χ3v) is 3.22. The highest BCUT2D eigenvalue weighted by Crippen LogP contribution is 2.47. The largest absolute Gasteiger partial charge is 0.367 e. The van der Waals surface area contributed by atoms with Gasteiger partial charge in [0, 0.05) is 6.54 Å². The highest BCUT2D eigenvalue weighted by molar-refractivity contribution is 5.09. The van der Waals surface area contributed by atoms with Gasteiger partial charge < -0.3 is 5.73 Å². The zero-order chi connectivity index (χ0) is 10.2. The van der Waals surface area contributed by atoms with Crippen LogP contribution < -0.4 is 5.73 Å². The topological polar surface area (TPSA) is 56.7 Å². The lowest BCUT2D eigenvalue weighted by molar-refractivity contribution is 0.261. The number of hydrogen-bond acceptors (Lipinski definition) is 3. The van der Waals surface area contributed by atoms with Crippen LogP contribution in [0.2, 0.25) is 0 Å². The van der Waals surface area contributed by atoms with Crippen molar-refractivity contribution in [3.8, 4) is 0 Å². The molecule has 1 heterocycles. The van der Waals surface area contributed by atoms with E-state index in [0.29, 0.717) is 11.4 Å². The highest BCUT2D eigenvalue weighted by Gasteiger charge is 2.37. The van der Waals surface area contributed by atoms with E-state index in [1.165, 1.54) is 12.8 Å². The Labute approximate surface area is 84.5 Å². The summed E-state index contributed by atoms with van der Waals surface area (Å²) in [6.45, 7) is 5.60. The van der Waals surface area contributed by atoms with Gasteiger partial charge in [-0.05, 0) is 30.6 Å². The first-order chi connectivity index (χ1) is 6.58. The van der Waals surface area contributed by atoms with Gasteiger partial charge in [-0.15, -0.1) is 5.10 Å². The fourth-order valence-electron chi connectivity index (χ4n) is 1.89. The number of nitrogen functional groups attached to an aromatic ring is 1. The molecular formula is C10H18N4. The fourth-order valence-corrected chi connectivity index (χ4v) is 1.89. The lowest BCUT2D eigenvalue weighted by Crippen LogP contribution is -2.17. The van der Waals surface area contributed by atoms with Crippen LogP contribution in [0, 0.1) is 11.3 Å². The normalized spacial score (nSPS) is 17.3. The number of hydrogen-bond donors (Lipinski definition) is 1. The molecular weight excluding hydrogens is 176 g/mol. The van der Waals surface area contributed by atoms with Gasteiger partial charge in [0.25, 0.3) is 0 Å². The third kappa shape index (κ3) is 2.05. The van der Waals surface area contributed by atoms with Crippen LogP contribution in [0.15, 0.2) is 6.33 Å². The molecule has 0 unspecified atom stereocenters. The first-order valence-corrected chi connectivity index (χ1v) is 5.23. The zero-order valence-corrected chi connectivity index (χ0v) is 8.90. The molecule has 1 aliphatic rings. The van der Waals surface area contributed by atoms with Crippen LogP contribution in [-0.4, -0.2) is 14.8 Å². The fraction of sp³-hybridized carbons (Fsp3) is 0.800. The summed E-state index contributed by atoms with van der Waals surface area (Å²) in [4.78, 5) is 3.91. The molecule has 1 aliphatic carbocycles. The van der Waals surface area contributed by atoms with E-state index in [1.807, 2.05) is 4.68 Å². The number of nitrogens with zero attached hydrogens (tertiary/aromatic N) is 3. The molecule has 14 heavy (non-hydrogen) atoms. The molecule has 78 valence electrons. The minimum Gasteiger partial charge on any atom is -0.367 e. The Hall–Kier alpha value is -1.06. The van der Waals surface area contributed by atoms with Crippen molar-refractivity contribution in [3.63, 3.8) is 0 Å². The van der Waals surface area contributed by atoms with Crippen molar-refractivity contribution < 1.29 is 0 Å². The Morgan fingerprint density at radius 3 is 2.79 bits per heavy atom. The van der Waals surface area contributed by atoms with Crippen LogP contribution in [0.1, 0.15) is 33.1 Å². The SMILES string of the molecule is CC(C)(CCn1cnc(N)n1)C1CC1. The molecule has 0 atom stereocenters.